The Morgan fingerprint density at radius 2 is 0.926 bits per heavy atom. The van der Waals surface area contributed by atoms with Gasteiger partial charge in [0.25, 0.3) is 5.91 Å². The van der Waals surface area contributed by atoms with Gasteiger partial charge in [-0.15, -0.1) is 0 Å². The van der Waals surface area contributed by atoms with Crippen LogP contribution in [0.4, 0.5) is 0 Å². The van der Waals surface area contributed by atoms with Gasteiger partial charge in [0.05, 0.1) is 25.9 Å². The number of likely N-dealkylation sites (N-methyl/N-ethyl adjacent to an activating group) is 7. The third-order valence-electron chi connectivity index (χ3n) is 18.0. The topological polar surface area (TPSA) is 300 Å². The largest absolute Gasteiger partial charge is 0.390 e. The Kier molecular flexibility index (Phi) is 34.9. The van der Waals surface area contributed by atoms with Crippen LogP contribution in [0.25, 0.3) is 0 Å². The molecular weight excluding hydrogens is 1210 g/mol. The summed E-state index contributed by atoms with van der Waals surface area (Å²) in [6.45, 7) is 32.2. The number of hydrogen-bond acceptors (Lipinski definition) is 15. The molecule has 0 aliphatic carbocycles. The van der Waals surface area contributed by atoms with E-state index >= 15 is 28.8 Å². The fraction of sp³-hybridized carbons (Fsp3) is 0.809. The van der Waals surface area contributed by atoms with Crippen molar-refractivity contribution in [2.45, 2.75) is 229 Å². The number of nitrogens with one attached hydrogen (secondary N) is 4. The number of carbonyl (C=O) groups excluding carboxylic acids is 11. The van der Waals surface area contributed by atoms with Crippen LogP contribution >= 0.6 is 0 Å². The van der Waals surface area contributed by atoms with E-state index in [0.717, 1.165) is 9.80 Å². The number of aliphatic hydroxyl groups excluding tert-OH is 1. The van der Waals surface area contributed by atoms with E-state index < -0.39 is 155 Å². The Hall–Kier alpha value is -6.25. The molecule has 0 aromatic heterocycles. The van der Waals surface area contributed by atoms with Crippen LogP contribution < -0.4 is 21.3 Å². The Morgan fingerprint density at radius 1 is 0.489 bits per heavy atom. The van der Waals surface area contributed by atoms with Gasteiger partial charge >= 0.3 is 0 Å². The number of carbonyl (C=O) groups is 11. The molecule has 538 valence electrons. The quantitative estimate of drug-likeness (QED) is 0.116. The van der Waals surface area contributed by atoms with Crippen molar-refractivity contribution >= 4 is 65.0 Å². The highest BCUT2D eigenvalue weighted by atomic mass is 16.5. The van der Waals surface area contributed by atoms with Gasteiger partial charge in [0.1, 0.15) is 60.4 Å². The van der Waals surface area contributed by atoms with E-state index in [4.69, 9.17) is 9.47 Å². The SMILES string of the molecule is C/C=C/C[C@@H](C)[C@@H](O)[C@H]1C(=O)N[C@@H](CC)C(=O)N(C)C(OCCN2CCOCC2)C(=O)N(C)[C@@H](CC(C)C)C(=O)N[C@@H](C(C)C)C(=O)N(C)[C@@H](CC(C)C)C(=O)N[C@@H](C)C(=O)N[C@H](C)C(=O)N(C)[C@@H](CC(C)C)C(=O)N(C)[C@@H](CC(C)C)C(=O)N(C)[C@@H](C(C)C)C(=O)N1C. The normalized spacial score (nSPS) is 27.5. The van der Waals surface area contributed by atoms with E-state index in [-0.39, 0.29) is 68.8 Å². The fourth-order valence-electron chi connectivity index (χ4n) is 12.0. The predicted molar refractivity (Wildman–Crippen MR) is 361 cm³/mol. The van der Waals surface area contributed by atoms with Crippen molar-refractivity contribution < 1.29 is 67.3 Å². The number of aliphatic hydroxyl groups is 1. The maximum absolute atomic E-state index is 15.4. The molecule has 0 spiro atoms. The first-order valence-corrected chi connectivity index (χ1v) is 34.0. The number of allylic oxidation sites excluding steroid dienone is 2. The summed E-state index contributed by atoms with van der Waals surface area (Å²) in [4.78, 5) is 174. The lowest BCUT2D eigenvalue weighted by Crippen LogP contribution is -2.64. The van der Waals surface area contributed by atoms with Crippen LogP contribution in [0.1, 0.15) is 156 Å². The number of morpholine rings is 1. The summed E-state index contributed by atoms with van der Waals surface area (Å²) >= 11 is 0. The van der Waals surface area contributed by atoms with E-state index in [2.05, 4.69) is 26.2 Å². The maximum atomic E-state index is 15.4. The monoisotopic (exact) mass is 1330 g/mol. The number of rotatable bonds is 19. The number of nitrogens with zero attached hydrogens (tertiary/aromatic N) is 8. The highest BCUT2D eigenvalue weighted by Gasteiger charge is 2.47. The molecule has 2 aliphatic heterocycles. The third kappa shape index (κ3) is 23.5. The number of hydrogen-bond donors (Lipinski definition) is 5. The van der Waals surface area contributed by atoms with Gasteiger partial charge < -0.3 is 70.1 Å². The molecule has 11 amide bonds. The molecule has 2 saturated heterocycles. The summed E-state index contributed by atoms with van der Waals surface area (Å²) in [7, 11) is 9.87. The average molecular weight is 1330 g/mol. The Bertz CT molecular complexity index is 2560. The minimum atomic E-state index is -1.69. The van der Waals surface area contributed by atoms with Gasteiger partial charge in [-0.1, -0.05) is 109 Å². The zero-order valence-electron chi connectivity index (χ0n) is 61.4. The molecule has 13 atom stereocenters. The molecule has 0 saturated carbocycles. The van der Waals surface area contributed by atoms with Gasteiger partial charge in [-0.25, -0.2) is 0 Å². The van der Waals surface area contributed by atoms with Crippen LogP contribution in [0.15, 0.2) is 12.2 Å². The second kappa shape index (κ2) is 39.1. The highest BCUT2D eigenvalue weighted by molar-refractivity contribution is 6.00. The summed E-state index contributed by atoms with van der Waals surface area (Å²) in [5.74, 6) is -10.4. The van der Waals surface area contributed by atoms with E-state index in [1.165, 1.54) is 87.7 Å². The molecule has 0 radical (unpaired) electrons. The predicted octanol–water partition coefficient (Wildman–Crippen LogP) is 2.94. The molecule has 0 aromatic rings. The Morgan fingerprint density at radius 3 is 1.39 bits per heavy atom. The average Bonchev–Trinajstić information content (AvgIpc) is 0.838. The lowest BCUT2D eigenvalue weighted by Gasteiger charge is -2.41. The van der Waals surface area contributed by atoms with Crippen molar-refractivity contribution in [3.8, 4) is 0 Å². The van der Waals surface area contributed by atoms with E-state index in [0.29, 0.717) is 32.8 Å². The van der Waals surface area contributed by atoms with Gasteiger partial charge in [0.2, 0.25) is 65.3 Å². The number of amides is 11. The molecule has 0 aromatic carbocycles. The van der Waals surface area contributed by atoms with Crippen molar-refractivity contribution in [3.63, 3.8) is 0 Å². The highest BCUT2D eigenvalue weighted by Crippen LogP contribution is 2.26. The molecule has 26 heteroatoms. The van der Waals surface area contributed by atoms with Gasteiger partial charge in [-0.2, -0.15) is 0 Å². The van der Waals surface area contributed by atoms with Gasteiger partial charge in [0, 0.05) is 69.0 Å². The van der Waals surface area contributed by atoms with Crippen LogP contribution in [0.5, 0.6) is 0 Å². The van der Waals surface area contributed by atoms with Gasteiger partial charge in [0.15, 0.2) is 0 Å². The Balaban J connectivity index is 3.10. The summed E-state index contributed by atoms with van der Waals surface area (Å²) in [5.41, 5.74) is 0. The second-order valence-corrected chi connectivity index (χ2v) is 28.5. The summed E-state index contributed by atoms with van der Waals surface area (Å²) in [5, 5.41) is 23.4. The zero-order valence-corrected chi connectivity index (χ0v) is 61.4. The minimum Gasteiger partial charge on any atom is -0.390 e. The van der Waals surface area contributed by atoms with E-state index in [1.807, 2.05) is 55.4 Å². The minimum absolute atomic E-state index is 0.0461. The van der Waals surface area contributed by atoms with Gasteiger partial charge in [-0.05, 0) is 101 Å². The van der Waals surface area contributed by atoms with Crippen LogP contribution in [0, 0.1) is 41.4 Å². The van der Waals surface area contributed by atoms with Crippen molar-refractivity contribution in [2.24, 2.45) is 41.4 Å². The lowest BCUT2D eigenvalue weighted by molar-refractivity contribution is -0.168. The summed E-state index contributed by atoms with van der Waals surface area (Å²) in [6.07, 6.45) is 1.10. The second-order valence-electron chi connectivity index (χ2n) is 28.5. The molecular formula is C68H122N12O14. The molecule has 5 N–H and O–H groups in total. The summed E-state index contributed by atoms with van der Waals surface area (Å²) < 4.78 is 11.9. The fourth-order valence-corrected chi connectivity index (χ4v) is 12.0. The van der Waals surface area contributed by atoms with Crippen LogP contribution in [0.2, 0.25) is 0 Å². The molecule has 2 aliphatic rings. The van der Waals surface area contributed by atoms with Crippen molar-refractivity contribution in [1.82, 2.24) is 60.5 Å². The van der Waals surface area contributed by atoms with Gasteiger partial charge in [-0.3, -0.25) is 57.6 Å². The molecule has 1 unspecified atom stereocenters. The molecule has 2 fully saturated rings. The molecule has 26 nitrogen and oxygen atoms in total. The lowest BCUT2D eigenvalue weighted by atomic mass is 9.91. The summed E-state index contributed by atoms with van der Waals surface area (Å²) in [6, 6.07) is -12.8. The van der Waals surface area contributed by atoms with Crippen molar-refractivity contribution in [2.75, 3.05) is 88.8 Å². The maximum Gasteiger partial charge on any atom is 0.273 e. The number of ether oxygens (including phenoxy) is 2. The first kappa shape index (κ1) is 83.8. The molecule has 2 rings (SSSR count). The smallest absolute Gasteiger partial charge is 0.273 e. The molecule has 0 bridgehead atoms. The zero-order chi connectivity index (χ0) is 72.1. The van der Waals surface area contributed by atoms with Crippen LogP contribution in [-0.4, -0.2) is 271 Å². The Labute approximate surface area is 562 Å². The molecule has 94 heavy (non-hydrogen) atoms. The first-order valence-electron chi connectivity index (χ1n) is 34.0. The first-order chi connectivity index (χ1) is 43.7. The van der Waals surface area contributed by atoms with Crippen LogP contribution in [-0.2, 0) is 62.2 Å². The molecule has 2 heterocycles. The van der Waals surface area contributed by atoms with E-state index in [9.17, 15) is 29.1 Å². The van der Waals surface area contributed by atoms with E-state index in [1.54, 1.807) is 60.6 Å². The van der Waals surface area contributed by atoms with Crippen molar-refractivity contribution in [3.05, 3.63) is 12.2 Å². The van der Waals surface area contributed by atoms with Crippen molar-refractivity contribution in [1.29, 1.82) is 0 Å². The third-order valence-corrected chi connectivity index (χ3v) is 18.0. The standard InChI is InChI=1S/C68H122N12O14/c1-25-27-28-45(15)56(81)55-60(85)71-48(26-2)62(87)79(24)68(94-34-31-80-29-32-93-33-30-80)67(92)74(19)50(36-40(5)6)59(84)72-53(43(11)12)65(90)73(18)49(35-39(3)4)58(83)69-46(16)57(82)70-47(17)61(86)75(20)51(37-41(7)8)63(88)76(21)52(38-42(9)10)64(89)77(22)54(44(13)14)66(91)78(55)23/h25,27,39-56,68,81H,26,28-38H2,1-24H3,(H,69,83)(H,70,82)(H,71,85)(H,72,84)/b27-25+/t45-,46+,47-,48+,49+,50+,51+,52+,53+,54+,55+,56-,68?/m1/s1. The van der Waals surface area contributed by atoms with Crippen LogP contribution in [0.3, 0.4) is 0 Å².